The van der Waals surface area contributed by atoms with Crippen LogP contribution >= 0.6 is 15.9 Å². The molecule has 2 aromatic rings. The Hall–Kier alpha value is -2.17. The molecule has 1 aromatic heterocycles. The first-order valence-corrected chi connectivity index (χ1v) is 9.71. The number of nitrogens with two attached hydrogens (primary N) is 1. The van der Waals surface area contributed by atoms with E-state index in [4.69, 9.17) is 5.73 Å². The van der Waals surface area contributed by atoms with E-state index in [1.807, 2.05) is 24.3 Å². The van der Waals surface area contributed by atoms with Gasteiger partial charge in [-0.3, -0.25) is 0 Å². The highest BCUT2D eigenvalue weighted by Crippen LogP contribution is 2.28. The molecule has 26 heavy (non-hydrogen) atoms. The molecule has 0 aliphatic heterocycles. The van der Waals surface area contributed by atoms with Crippen molar-refractivity contribution in [2.24, 2.45) is 17.6 Å². The fourth-order valence-corrected chi connectivity index (χ4v) is 3.67. The van der Waals surface area contributed by atoms with Crippen LogP contribution in [-0.2, 0) is 0 Å². The van der Waals surface area contributed by atoms with Crippen LogP contribution in [-0.4, -0.2) is 23.1 Å². The molecule has 0 unspecified atom stereocenters. The maximum atomic E-state index is 9.33. The van der Waals surface area contributed by atoms with Crippen molar-refractivity contribution >= 4 is 33.4 Å². The topological polar surface area (TPSA) is 99.6 Å². The number of nitrogens with one attached hydrogen (secondary N) is 2. The van der Waals surface area contributed by atoms with Crippen molar-refractivity contribution in [2.45, 2.75) is 25.7 Å². The highest BCUT2D eigenvalue weighted by atomic mass is 79.9. The number of anilines is 3. The van der Waals surface area contributed by atoms with E-state index < -0.39 is 0 Å². The number of hydrogen-bond donors (Lipinski definition) is 3. The number of hydrogen-bond acceptors (Lipinski definition) is 6. The summed E-state index contributed by atoms with van der Waals surface area (Å²) < 4.78 is 0.975. The fraction of sp³-hybridized carbons (Fsp3) is 0.421. The summed E-state index contributed by atoms with van der Waals surface area (Å²) in [6.45, 7) is 1.61. The third-order valence-electron chi connectivity index (χ3n) is 4.85. The summed E-state index contributed by atoms with van der Waals surface area (Å²) in [4.78, 5) is 8.73. The Kier molecular flexibility index (Phi) is 6.42. The van der Waals surface area contributed by atoms with Gasteiger partial charge in [0.25, 0.3) is 0 Å². The summed E-state index contributed by atoms with van der Waals surface area (Å²) in [5.74, 6) is 2.32. The van der Waals surface area contributed by atoms with Gasteiger partial charge >= 0.3 is 0 Å². The summed E-state index contributed by atoms with van der Waals surface area (Å²) >= 11 is 3.45. The molecular formula is C19H23BrN6. The van der Waals surface area contributed by atoms with Crippen LogP contribution in [0, 0.1) is 23.2 Å². The van der Waals surface area contributed by atoms with Crippen LogP contribution in [0.3, 0.4) is 0 Å². The highest BCUT2D eigenvalue weighted by molar-refractivity contribution is 9.10. The maximum absolute atomic E-state index is 9.33. The van der Waals surface area contributed by atoms with Gasteiger partial charge in [-0.15, -0.1) is 0 Å². The van der Waals surface area contributed by atoms with E-state index in [9.17, 15) is 5.26 Å². The average Bonchev–Trinajstić information content (AvgIpc) is 2.67. The van der Waals surface area contributed by atoms with Gasteiger partial charge in [0.2, 0.25) is 5.95 Å². The van der Waals surface area contributed by atoms with Crippen molar-refractivity contribution in [3.63, 3.8) is 0 Å². The standard InChI is InChI=1S/C19H23BrN6/c20-16-2-1-3-17(8-16)25-19-24-12-15(10-22)18(26-19)23-11-14-6-4-13(9-21)5-7-14/h1-3,8,12-14H,4-7,9,11,21H2,(H2,23,24,25,26). The first kappa shape index (κ1) is 18.6. The molecule has 1 aliphatic rings. The largest absolute Gasteiger partial charge is 0.369 e. The van der Waals surface area contributed by atoms with E-state index in [2.05, 4.69) is 42.6 Å². The predicted molar refractivity (Wildman–Crippen MR) is 107 cm³/mol. The average molecular weight is 415 g/mol. The molecule has 136 valence electrons. The highest BCUT2D eigenvalue weighted by Gasteiger charge is 2.20. The molecule has 7 heteroatoms. The molecule has 1 aromatic carbocycles. The molecule has 3 rings (SSSR count). The Morgan fingerprint density at radius 3 is 2.69 bits per heavy atom. The number of nitrogens with zero attached hydrogens (tertiary/aromatic N) is 3. The molecule has 1 aliphatic carbocycles. The van der Waals surface area contributed by atoms with Gasteiger partial charge in [-0.25, -0.2) is 4.98 Å². The number of benzene rings is 1. The molecule has 6 nitrogen and oxygen atoms in total. The lowest BCUT2D eigenvalue weighted by Gasteiger charge is -2.27. The van der Waals surface area contributed by atoms with Crippen molar-refractivity contribution in [1.82, 2.24) is 9.97 Å². The molecule has 0 radical (unpaired) electrons. The van der Waals surface area contributed by atoms with E-state index in [0.29, 0.717) is 29.2 Å². The molecule has 1 fully saturated rings. The van der Waals surface area contributed by atoms with Gasteiger partial charge in [0.05, 0.1) is 6.20 Å². The van der Waals surface area contributed by atoms with Crippen LogP contribution in [0.4, 0.5) is 17.5 Å². The first-order valence-electron chi connectivity index (χ1n) is 8.91. The van der Waals surface area contributed by atoms with Crippen LogP contribution < -0.4 is 16.4 Å². The van der Waals surface area contributed by atoms with Gasteiger partial charge in [-0.2, -0.15) is 10.2 Å². The summed E-state index contributed by atoms with van der Waals surface area (Å²) in [7, 11) is 0. The monoisotopic (exact) mass is 414 g/mol. The van der Waals surface area contributed by atoms with E-state index >= 15 is 0 Å². The van der Waals surface area contributed by atoms with Crippen LogP contribution in [0.2, 0.25) is 0 Å². The van der Waals surface area contributed by atoms with E-state index in [0.717, 1.165) is 23.2 Å². The third-order valence-corrected chi connectivity index (χ3v) is 5.34. The lowest BCUT2D eigenvalue weighted by Crippen LogP contribution is -2.25. The van der Waals surface area contributed by atoms with Crippen molar-refractivity contribution in [2.75, 3.05) is 23.7 Å². The second-order valence-electron chi connectivity index (χ2n) is 6.71. The minimum atomic E-state index is 0.459. The lowest BCUT2D eigenvalue weighted by atomic mass is 9.82. The summed E-state index contributed by atoms with van der Waals surface area (Å²) in [5.41, 5.74) is 7.11. The summed E-state index contributed by atoms with van der Waals surface area (Å²) in [5, 5.41) is 15.9. The van der Waals surface area contributed by atoms with E-state index in [1.54, 1.807) is 6.20 Å². The smallest absolute Gasteiger partial charge is 0.229 e. The zero-order valence-corrected chi connectivity index (χ0v) is 16.2. The van der Waals surface area contributed by atoms with E-state index in [1.165, 1.54) is 25.7 Å². The lowest BCUT2D eigenvalue weighted by molar-refractivity contribution is 0.289. The second kappa shape index (κ2) is 8.97. The van der Waals surface area contributed by atoms with Gasteiger partial charge in [0.15, 0.2) is 0 Å². The van der Waals surface area contributed by atoms with Gasteiger partial charge in [-0.05, 0) is 62.3 Å². The van der Waals surface area contributed by atoms with Crippen LogP contribution in [0.1, 0.15) is 31.2 Å². The Morgan fingerprint density at radius 1 is 1.23 bits per heavy atom. The van der Waals surface area contributed by atoms with E-state index in [-0.39, 0.29) is 0 Å². The summed E-state index contributed by atoms with van der Waals surface area (Å²) in [6.07, 6.45) is 6.28. The Balaban J connectivity index is 1.65. The minimum Gasteiger partial charge on any atom is -0.369 e. The van der Waals surface area contributed by atoms with Gasteiger partial charge in [0.1, 0.15) is 17.5 Å². The fourth-order valence-electron chi connectivity index (χ4n) is 3.27. The van der Waals surface area contributed by atoms with Gasteiger partial charge in [-0.1, -0.05) is 22.0 Å². The maximum Gasteiger partial charge on any atom is 0.229 e. The number of halogens is 1. The Labute approximate surface area is 162 Å². The number of aromatic nitrogens is 2. The summed E-state index contributed by atoms with van der Waals surface area (Å²) in [6, 6.07) is 9.94. The van der Waals surface area contributed by atoms with Crippen molar-refractivity contribution in [1.29, 1.82) is 5.26 Å². The van der Waals surface area contributed by atoms with Crippen molar-refractivity contribution in [3.05, 3.63) is 40.5 Å². The minimum absolute atomic E-state index is 0.459. The molecule has 4 N–H and O–H groups in total. The molecule has 0 atom stereocenters. The zero-order valence-electron chi connectivity index (χ0n) is 14.6. The molecule has 0 saturated heterocycles. The molecule has 1 heterocycles. The predicted octanol–water partition coefficient (Wildman–Crippen LogP) is 4.03. The molecule has 1 saturated carbocycles. The number of rotatable bonds is 6. The normalized spacial score (nSPS) is 19.6. The SMILES string of the molecule is N#Cc1cnc(Nc2cccc(Br)c2)nc1NCC1CCC(CN)CC1. The van der Waals surface area contributed by atoms with Gasteiger partial charge < -0.3 is 16.4 Å². The third kappa shape index (κ3) is 4.93. The first-order chi connectivity index (χ1) is 12.7. The zero-order chi connectivity index (χ0) is 18.4. The molecule has 0 amide bonds. The van der Waals surface area contributed by atoms with Crippen molar-refractivity contribution in [3.8, 4) is 6.07 Å². The molecular weight excluding hydrogens is 392 g/mol. The van der Waals surface area contributed by atoms with Crippen LogP contribution in [0.5, 0.6) is 0 Å². The van der Waals surface area contributed by atoms with Crippen LogP contribution in [0.25, 0.3) is 0 Å². The number of nitriles is 1. The quantitative estimate of drug-likeness (QED) is 0.659. The Morgan fingerprint density at radius 2 is 2.00 bits per heavy atom. The second-order valence-corrected chi connectivity index (χ2v) is 7.62. The van der Waals surface area contributed by atoms with Gasteiger partial charge in [0, 0.05) is 16.7 Å². The Bertz CT molecular complexity index is 780. The van der Waals surface area contributed by atoms with Crippen molar-refractivity contribution < 1.29 is 0 Å². The molecule has 0 bridgehead atoms. The van der Waals surface area contributed by atoms with Crippen LogP contribution in [0.15, 0.2) is 34.9 Å². The molecule has 0 spiro atoms.